The zero-order valence-electron chi connectivity index (χ0n) is 15.6. The van der Waals surface area contributed by atoms with Crippen LogP contribution in [0.1, 0.15) is 26.5 Å². The van der Waals surface area contributed by atoms with Crippen LogP contribution < -0.4 is 42.7 Å². The Morgan fingerprint density at radius 3 is 1.76 bits per heavy atom. The van der Waals surface area contributed by atoms with E-state index in [0.29, 0.717) is 0 Å². The first-order valence-electron chi connectivity index (χ1n) is 6.75. The third kappa shape index (κ3) is 20.4. The van der Waals surface area contributed by atoms with Gasteiger partial charge in [0.25, 0.3) is 0 Å². The molecule has 4 nitrogen and oxygen atoms in total. The predicted octanol–water partition coefficient (Wildman–Crippen LogP) is -3.57. The average Bonchev–Trinajstić information content (AvgIpc) is 2.76. The molecule has 21 heavy (non-hydrogen) atoms. The molecule has 0 N–H and O–H groups in total. The van der Waals surface area contributed by atoms with E-state index >= 15 is 0 Å². The molecule has 0 bridgehead atoms. The Hall–Kier alpha value is 0.355. The van der Waals surface area contributed by atoms with E-state index in [4.69, 9.17) is 0 Å². The van der Waals surface area contributed by atoms with E-state index < -0.39 is 0 Å². The summed E-state index contributed by atoms with van der Waals surface area (Å²) < 4.78 is 0. The standard InChI is InChI=1S/C9H14N2.C6H16N2.2Li/c1-9(2,3)11-7-8-5-4-6-10-8;1-7(2)5-6-8(3)4;;/h4-6H,7H2,1-3H3;5-6H2,1-4H3;;/q-2;;2*+1. The summed E-state index contributed by atoms with van der Waals surface area (Å²) in [7, 11) is 8.35. The molecule has 0 aliphatic heterocycles. The Bertz CT molecular complexity index is 298. The summed E-state index contributed by atoms with van der Waals surface area (Å²) in [5, 5.41) is 4.44. The van der Waals surface area contributed by atoms with E-state index in [1.807, 2.05) is 12.1 Å². The smallest absolute Gasteiger partial charge is 0.669 e. The molecule has 0 atom stereocenters. The van der Waals surface area contributed by atoms with Gasteiger partial charge in [-0.25, -0.2) is 0 Å². The molecule has 0 aliphatic carbocycles. The van der Waals surface area contributed by atoms with Crippen LogP contribution in [0.5, 0.6) is 0 Å². The van der Waals surface area contributed by atoms with Crippen molar-refractivity contribution in [2.45, 2.75) is 32.9 Å². The van der Waals surface area contributed by atoms with Crippen LogP contribution in [-0.4, -0.2) is 56.6 Å². The SMILES string of the molecule is CC(C)(C)[N-]Cc1ccc[n-]1.CN(C)CCN(C)C.[Li+].[Li+]. The molecule has 0 saturated carbocycles. The van der Waals surface area contributed by atoms with Gasteiger partial charge in [-0.05, 0) is 28.2 Å². The summed E-state index contributed by atoms with van der Waals surface area (Å²) in [5.74, 6) is 0. The van der Waals surface area contributed by atoms with Crippen molar-refractivity contribution in [1.29, 1.82) is 0 Å². The topological polar surface area (TPSA) is 34.7 Å². The molecule has 0 aromatic carbocycles. The van der Waals surface area contributed by atoms with Crippen LogP contribution in [0.25, 0.3) is 5.32 Å². The second kappa shape index (κ2) is 14.0. The van der Waals surface area contributed by atoms with Gasteiger partial charge in [0.1, 0.15) is 0 Å². The van der Waals surface area contributed by atoms with Gasteiger partial charge in [0, 0.05) is 13.1 Å². The number of rotatable bonds is 5. The van der Waals surface area contributed by atoms with Crippen LogP contribution in [0, 0.1) is 0 Å². The molecule has 0 unspecified atom stereocenters. The maximum Gasteiger partial charge on any atom is 1.00 e. The minimum Gasteiger partial charge on any atom is -0.669 e. The number of likely N-dealkylation sites (N-methyl/N-ethyl adjacent to an activating group) is 2. The molecule has 112 valence electrons. The van der Waals surface area contributed by atoms with Gasteiger partial charge in [0.05, 0.1) is 0 Å². The fourth-order valence-electron chi connectivity index (χ4n) is 1.15. The third-order valence-electron chi connectivity index (χ3n) is 2.32. The Morgan fingerprint density at radius 2 is 1.48 bits per heavy atom. The molecule has 0 aliphatic rings. The average molecular weight is 280 g/mol. The Kier molecular flexibility index (Phi) is 17.5. The molecule has 0 amide bonds. The Morgan fingerprint density at radius 1 is 1.00 bits per heavy atom. The van der Waals surface area contributed by atoms with Crippen molar-refractivity contribution >= 4 is 0 Å². The summed E-state index contributed by atoms with van der Waals surface area (Å²) in [6, 6.07) is 3.93. The normalized spacial score (nSPS) is 10.5. The van der Waals surface area contributed by atoms with Crippen molar-refractivity contribution in [1.82, 2.24) is 14.8 Å². The van der Waals surface area contributed by atoms with Gasteiger partial charge in [-0.15, -0.1) is 12.1 Å². The first kappa shape index (κ1) is 26.3. The van der Waals surface area contributed by atoms with Crippen LogP contribution >= 0.6 is 0 Å². The summed E-state index contributed by atoms with van der Waals surface area (Å²) in [5.41, 5.74) is 1.11. The van der Waals surface area contributed by atoms with Gasteiger partial charge in [0.15, 0.2) is 0 Å². The second-order valence-corrected chi connectivity index (χ2v) is 6.22. The van der Waals surface area contributed by atoms with Crippen LogP contribution in [0.2, 0.25) is 0 Å². The number of hydrogen-bond acceptors (Lipinski definition) is 2. The largest absolute Gasteiger partial charge is 1.00 e. The molecule has 0 spiro atoms. The van der Waals surface area contributed by atoms with Crippen molar-refractivity contribution in [2.75, 3.05) is 41.3 Å². The minimum absolute atomic E-state index is 0. The summed E-state index contributed by atoms with van der Waals surface area (Å²) >= 11 is 0. The molecule has 0 saturated heterocycles. The maximum absolute atomic E-state index is 4.44. The first-order valence-corrected chi connectivity index (χ1v) is 6.75. The molecule has 1 heterocycles. The summed E-state index contributed by atoms with van der Waals surface area (Å²) in [6.45, 7) is 9.30. The van der Waals surface area contributed by atoms with E-state index in [2.05, 4.69) is 69.1 Å². The maximum atomic E-state index is 4.44. The zero-order valence-corrected chi connectivity index (χ0v) is 15.6. The van der Waals surface area contributed by atoms with Crippen LogP contribution in [-0.2, 0) is 6.54 Å². The molecule has 6 heteroatoms. The van der Waals surface area contributed by atoms with E-state index in [1.165, 1.54) is 0 Å². The van der Waals surface area contributed by atoms with Crippen LogP contribution in [0.3, 0.4) is 0 Å². The van der Waals surface area contributed by atoms with Gasteiger partial charge in [-0.2, -0.15) is 11.9 Å². The Balaban J connectivity index is -0.000000295. The molecule has 1 rings (SSSR count). The van der Waals surface area contributed by atoms with Crippen molar-refractivity contribution < 1.29 is 37.7 Å². The van der Waals surface area contributed by atoms with E-state index in [1.54, 1.807) is 6.20 Å². The van der Waals surface area contributed by atoms with Gasteiger partial charge >= 0.3 is 37.7 Å². The van der Waals surface area contributed by atoms with Gasteiger partial charge in [-0.3, -0.25) is 0 Å². The monoisotopic (exact) mass is 280 g/mol. The van der Waals surface area contributed by atoms with Crippen molar-refractivity contribution in [3.63, 3.8) is 0 Å². The molecular formula is C15H30Li2N4. The fourth-order valence-corrected chi connectivity index (χ4v) is 1.15. The number of nitrogens with zero attached hydrogens (tertiary/aromatic N) is 4. The molecule has 0 fully saturated rings. The minimum atomic E-state index is 0. The Labute approximate surface area is 155 Å². The summed E-state index contributed by atoms with van der Waals surface area (Å²) in [6.07, 6.45) is 1.80. The van der Waals surface area contributed by atoms with Crippen LogP contribution in [0.4, 0.5) is 0 Å². The second-order valence-electron chi connectivity index (χ2n) is 6.22. The fraction of sp³-hybridized carbons (Fsp3) is 0.733. The van der Waals surface area contributed by atoms with E-state index in [0.717, 1.165) is 25.3 Å². The molecular weight excluding hydrogens is 250 g/mol. The predicted molar refractivity (Wildman–Crippen MR) is 83.7 cm³/mol. The third-order valence-corrected chi connectivity index (χ3v) is 2.32. The number of hydrogen-bond donors (Lipinski definition) is 0. The first-order chi connectivity index (χ1) is 8.70. The van der Waals surface area contributed by atoms with Gasteiger partial charge in [-0.1, -0.05) is 32.9 Å². The van der Waals surface area contributed by atoms with E-state index in [9.17, 15) is 0 Å². The van der Waals surface area contributed by atoms with E-state index in [-0.39, 0.29) is 43.3 Å². The van der Waals surface area contributed by atoms with Gasteiger partial charge < -0.3 is 20.1 Å². The van der Waals surface area contributed by atoms with Gasteiger partial charge in [0.2, 0.25) is 0 Å². The van der Waals surface area contributed by atoms with Crippen molar-refractivity contribution in [3.05, 3.63) is 29.3 Å². The van der Waals surface area contributed by atoms with Crippen LogP contribution in [0.15, 0.2) is 18.3 Å². The molecule has 1 aromatic heterocycles. The number of aromatic nitrogens is 1. The zero-order chi connectivity index (χ0) is 14.9. The van der Waals surface area contributed by atoms with Crippen molar-refractivity contribution in [2.24, 2.45) is 0 Å². The molecule has 1 aromatic rings. The molecule has 0 radical (unpaired) electrons. The summed E-state index contributed by atoms with van der Waals surface area (Å²) in [4.78, 5) is 8.49. The quantitative estimate of drug-likeness (QED) is 0.524. The van der Waals surface area contributed by atoms with Crippen molar-refractivity contribution in [3.8, 4) is 0 Å².